The molecule has 0 aromatic carbocycles. The number of ether oxygens (including phenoxy) is 1. The van der Waals surface area contributed by atoms with Gasteiger partial charge in [-0.3, -0.25) is 9.88 Å². The van der Waals surface area contributed by atoms with Crippen LogP contribution in [0.25, 0.3) is 11.3 Å². The van der Waals surface area contributed by atoms with Gasteiger partial charge < -0.3 is 15.0 Å². The first-order valence-corrected chi connectivity index (χ1v) is 8.41. The third-order valence-corrected chi connectivity index (χ3v) is 4.85. The summed E-state index contributed by atoms with van der Waals surface area (Å²) in [6.07, 6.45) is 7.94. The van der Waals surface area contributed by atoms with Crippen LogP contribution in [0.2, 0.25) is 0 Å². The highest BCUT2D eigenvalue weighted by atomic mass is 16.5. The van der Waals surface area contributed by atoms with Crippen molar-refractivity contribution < 1.29 is 4.74 Å². The Kier molecular flexibility index (Phi) is 4.37. The van der Waals surface area contributed by atoms with Gasteiger partial charge in [0.1, 0.15) is 5.82 Å². The molecule has 2 fully saturated rings. The Bertz CT molecular complexity index is 623. The SMILES string of the molecule is c1cc(-c2cnc([C@@H]3COCCN3C3CCNCC3)[nH]2)ccn1. The van der Waals surface area contributed by atoms with E-state index in [4.69, 9.17) is 4.74 Å². The molecule has 2 aromatic heterocycles. The van der Waals surface area contributed by atoms with Crippen LogP contribution in [0.1, 0.15) is 24.7 Å². The summed E-state index contributed by atoms with van der Waals surface area (Å²) in [5.74, 6) is 1.01. The molecule has 0 saturated carbocycles. The Labute approximate surface area is 136 Å². The Morgan fingerprint density at radius 1 is 1.17 bits per heavy atom. The smallest absolute Gasteiger partial charge is 0.126 e. The third kappa shape index (κ3) is 3.15. The Hall–Kier alpha value is -1.76. The fraction of sp³-hybridized carbons (Fsp3) is 0.529. The van der Waals surface area contributed by atoms with Crippen molar-refractivity contribution in [2.24, 2.45) is 0 Å². The molecule has 4 heterocycles. The number of piperidine rings is 1. The van der Waals surface area contributed by atoms with Crippen molar-refractivity contribution in [3.63, 3.8) is 0 Å². The second kappa shape index (κ2) is 6.78. The van der Waals surface area contributed by atoms with E-state index in [1.807, 2.05) is 18.3 Å². The number of imidazole rings is 1. The van der Waals surface area contributed by atoms with Gasteiger partial charge in [0.05, 0.1) is 31.1 Å². The van der Waals surface area contributed by atoms with Crippen molar-refractivity contribution in [3.05, 3.63) is 36.5 Å². The zero-order valence-electron chi connectivity index (χ0n) is 13.2. The molecule has 6 heteroatoms. The minimum Gasteiger partial charge on any atom is -0.378 e. The molecule has 4 rings (SSSR count). The number of morpholine rings is 1. The van der Waals surface area contributed by atoms with E-state index in [1.165, 1.54) is 12.8 Å². The molecule has 0 spiro atoms. The molecule has 122 valence electrons. The van der Waals surface area contributed by atoms with Gasteiger partial charge in [-0.05, 0) is 38.1 Å². The van der Waals surface area contributed by atoms with Gasteiger partial charge >= 0.3 is 0 Å². The van der Waals surface area contributed by atoms with Crippen LogP contribution in [-0.2, 0) is 4.74 Å². The predicted molar refractivity (Wildman–Crippen MR) is 88.0 cm³/mol. The van der Waals surface area contributed by atoms with Gasteiger partial charge in [-0.15, -0.1) is 0 Å². The molecule has 2 aromatic rings. The quantitative estimate of drug-likeness (QED) is 0.901. The van der Waals surface area contributed by atoms with Gasteiger partial charge in [0.15, 0.2) is 0 Å². The lowest BCUT2D eigenvalue weighted by Gasteiger charge is -2.41. The summed E-state index contributed by atoms with van der Waals surface area (Å²) < 4.78 is 5.75. The van der Waals surface area contributed by atoms with Gasteiger partial charge in [0.2, 0.25) is 0 Å². The molecule has 0 radical (unpaired) electrons. The average molecular weight is 313 g/mol. The Morgan fingerprint density at radius 2 is 2.00 bits per heavy atom. The van der Waals surface area contributed by atoms with E-state index in [0.29, 0.717) is 12.6 Å². The summed E-state index contributed by atoms with van der Waals surface area (Å²) in [6, 6.07) is 4.85. The molecule has 23 heavy (non-hydrogen) atoms. The number of rotatable bonds is 3. The zero-order chi connectivity index (χ0) is 15.5. The molecule has 2 N–H and O–H groups in total. The van der Waals surface area contributed by atoms with Crippen LogP contribution in [0, 0.1) is 0 Å². The number of pyridine rings is 1. The van der Waals surface area contributed by atoms with E-state index >= 15 is 0 Å². The summed E-state index contributed by atoms with van der Waals surface area (Å²) in [5, 5.41) is 3.45. The standard InChI is InChI=1S/C17H23N5O/c1-5-18-6-2-13(1)15-11-20-17(21-15)16-12-23-10-9-22(16)14-3-7-19-8-4-14/h1-2,5-6,11,14,16,19H,3-4,7-10,12H2,(H,20,21)/t16-/m0/s1. The molecule has 2 aliphatic rings. The van der Waals surface area contributed by atoms with Gasteiger partial charge in [-0.1, -0.05) is 0 Å². The summed E-state index contributed by atoms with van der Waals surface area (Å²) in [5.41, 5.74) is 2.15. The van der Waals surface area contributed by atoms with Crippen molar-refractivity contribution >= 4 is 0 Å². The maximum Gasteiger partial charge on any atom is 0.126 e. The average Bonchev–Trinajstić information content (AvgIpc) is 3.13. The van der Waals surface area contributed by atoms with Crippen LogP contribution in [0.4, 0.5) is 0 Å². The van der Waals surface area contributed by atoms with Crippen LogP contribution in [0.5, 0.6) is 0 Å². The van der Waals surface area contributed by atoms with Crippen LogP contribution in [-0.4, -0.2) is 58.7 Å². The highest BCUT2D eigenvalue weighted by Crippen LogP contribution is 2.28. The maximum absolute atomic E-state index is 5.75. The normalized spacial score (nSPS) is 23.9. The summed E-state index contributed by atoms with van der Waals surface area (Å²) >= 11 is 0. The van der Waals surface area contributed by atoms with E-state index in [9.17, 15) is 0 Å². The van der Waals surface area contributed by atoms with Crippen LogP contribution >= 0.6 is 0 Å². The second-order valence-electron chi connectivity index (χ2n) is 6.23. The van der Waals surface area contributed by atoms with Crippen molar-refractivity contribution in [1.29, 1.82) is 0 Å². The lowest BCUT2D eigenvalue weighted by atomic mass is 10.0. The van der Waals surface area contributed by atoms with E-state index in [0.717, 1.165) is 43.3 Å². The summed E-state index contributed by atoms with van der Waals surface area (Å²) in [6.45, 7) is 4.73. The van der Waals surface area contributed by atoms with Gasteiger partial charge in [-0.2, -0.15) is 0 Å². The second-order valence-corrected chi connectivity index (χ2v) is 6.23. The van der Waals surface area contributed by atoms with Crippen LogP contribution < -0.4 is 5.32 Å². The van der Waals surface area contributed by atoms with Crippen molar-refractivity contribution in [1.82, 2.24) is 25.2 Å². The van der Waals surface area contributed by atoms with E-state index in [2.05, 4.69) is 25.2 Å². The number of H-pyrrole nitrogens is 1. The minimum atomic E-state index is 0.224. The van der Waals surface area contributed by atoms with Crippen molar-refractivity contribution in [2.75, 3.05) is 32.8 Å². The topological polar surface area (TPSA) is 66.1 Å². The largest absolute Gasteiger partial charge is 0.378 e. The highest BCUT2D eigenvalue weighted by molar-refractivity contribution is 5.57. The third-order valence-electron chi connectivity index (χ3n) is 4.85. The van der Waals surface area contributed by atoms with Gasteiger partial charge in [0, 0.05) is 30.5 Å². The first kappa shape index (κ1) is 14.8. The van der Waals surface area contributed by atoms with Crippen molar-refractivity contribution in [3.8, 4) is 11.3 Å². The number of hydrogen-bond donors (Lipinski definition) is 2. The predicted octanol–water partition coefficient (Wildman–Crippen LogP) is 1.60. The maximum atomic E-state index is 5.75. The molecule has 0 aliphatic carbocycles. The zero-order valence-corrected chi connectivity index (χ0v) is 13.2. The van der Waals surface area contributed by atoms with Crippen molar-refractivity contribution in [2.45, 2.75) is 24.9 Å². The molecule has 2 saturated heterocycles. The molecule has 6 nitrogen and oxygen atoms in total. The Morgan fingerprint density at radius 3 is 2.83 bits per heavy atom. The molecule has 1 atom stereocenters. The minimum absolute atomic E-state index is 0.224. The van der Waals surface area contributed by atoms with Gasteiger partial charge in [0.25, 0.3) is 0 Å². The molecule has 0 unspecified atom stereocenters. The summed E-state index contributed by atoms with van der Waals surface area (Å²) in [4.78, 5) is 14.8. The fourth-order valence-corrected chi connectivity index (χ4v) is 3.61. The molecular weight excluding hydrogens is 290 g/mol. The number of nitrogens with zero attached hydrogens (tertiary/aromatic N) is 3. The number of aromatic amines is 1. The fourth-order valence-electron chi connectivity index (χ4n) is 3.61. The number of aromatic nitrogens is 3. The number of hydrogen-bond acceptors (Lipinski definition) is 5. The van der Waals surface area contributed by atoms with Crippen LogP contribution in [0.3, 0.4) is 0 Å². The first-order chi connectivity index (χ1) is 11.4. The van der Waals surface area contributed by atoms with Gasteiger partial charge in [-0.25, -0.2) is 4.98 Å². The molecular formula is C17H23N5O. The van der Waals surface area contributed by atoms with E-state index in [1.54, 1.807) is 12.4 Å². The first-order valence-electron chi connectivity index (χ1n) is 8.41. The molecule has 0 amide bonds. The monoisotopic (exact) mass is 313 g/mol. The van der Waals surface area contributed by atoms with Crippen LogP contribution in [0.15, 0.2) is 30.7 Å². The highest BCUT2D eigenvalue weighted by Gasteiger charge is 2.32. The Balaban J connectivity index is 1.56. The van der Waals surface area contributed by atoms with E-state index < -0.39 is 0 Å². The molecule has 0 bridgehead atoms. The molecule has 2 aliphatic heterocycles. The number of nitrogens with one attached hydrogen (secondary N) is 2. The lowest BCUT2D eigenvalue weighted by Crippen LogP contribution is -2.49. The van der Waals surface area contributed by atoms with E-state index in [-0.39, 0.29) is 6.04 Å². The lowest BCUT2D eigenvalue weighted by molar-refractivity contribution is -0.0387. The summed E-state index contributed by atoms with van der Waals surface area (Å²) in [7, 11) is 0.